The van der Waals surface area contributed by atoms with Gasteiger partial charge >= 0.3 is 5.97 Å². The number of amides is 1. The lowest BCUT2D eigenvalue weighted by Crippen LogP contribution is -2.31. The molecule has 3 N–H and O–H groups in total. The van der Waals surface area contributed by atoms with Crippen LogP contribution in [0.25, 0.3) is 0 Å². The van der Waals surface area contributed by atoms with Gasteiger partial charge in [-0.1, -0.05) is 0 Å². The Kier molecular flexibility index (Phi) is 4.53. The van der Waals surface area contributed by atoms with Gasteiger partial charge in [0.25, 0.3) is 5.91 Å². The SMILES string of the molecule is CCN(C)C(=O)COc1ccc(N)c(C(=O)O)c1. The third-order valence-electron chi connectivity index (χ3n) is 2.52. The number of anilines is 1. The number of rotatable bonds is 5. The van der Waals surface area contributed by atoms with Gasteiger partial charge in [0.15, 0.2) is 6.61 Å². The van der Waals surface area contributed by atoms with Crippen LogP contribution in [0.4, 0.5) is 5.69 Å². The highest BCUT2D eigenvalue weighted by molar-refractivity contribution is 5.94. The number of likely N-dealkylation sites (N-methyl/N-ethyl adjacent to an activating group) is 1. The quantitative estimate of drug-likeness (QED) is 0.757. The average molecular weight is 252 g/mol. The van der Waals surface area contributed by atoms with Crippen LogP contribution in [0.15, 0.2) is 18.2 Å². The van der Waals surface area contributed by atoms with Crippen LogP contribution < -0.4 is 10.5 Å². The van der Waals surface area contributed by atoms with Gasteiger partial charge in [-0.05, 0) is 25.1 Å². The number of ether oxygens (including phenoxy) is 1. The predicted octanol–water partition coefficient (Wildman–Crippen LogP) is 0.824. The maximum absolute atomic E-state index is 11.5. The molecule has 6 nitrogen and oxygen atoms in total. The Morgan fingerprint density at radius 1 is 1.44 bits per heavy atom. The van der Waals surface area contributed by atoms with E-state index < -0.39 is 5.97 Å². The van der Waals surface area contributed by atoms with E-state index in [1.54, 1.807) is 7.05 Å². The maximum Gasteiger partial charge on any atom is 0.337 e. The first-order valence-electron chi connectivity index (χ1n) is 5.45. The summed E-state index contributed by atoms with van der Waals surface area (Å²) in [5.74, 6) is -0.999. The molecule has 0 radical (unpaired) electrons. The fraction of sp³-hybridized carbons (Fsp3) is 0.333. The second-order valence-corrected chi connectivity index (χ2v) is 3.75. The second kappa shape index (κ2) is 5.90. The average Bonchev–Trinajstić information content (AvgIpc) is 2.36. The summed E-state index contributed by atoms with van der Waals surface area (Å²) in [5, 5.41) is 8.88. The normalized spacial score (nSPS) is 9.89. The molecular formula is C12H16N2O4. The molecule has 98 valence electrons. The standard InChI is InChI=1S/C12H16N2O4/c1-3-14(2)11(15)7-18-8-4-5-10(13)9(6-8)12(16)17/h4-6H,3,7,13H2,1-2H3,(H,16,17). The number of carboxylic acids is 1. The Hall–Kier alpha value is -2.24. The molecule has 0 aromatic heterocycles. The fourth-order valence-electron chi connectivity index (χ4n) is 1.24. The van der Waals surface area contributed by atoms with E-state index in [0.29, 0.717) is 12.3 Å². The molecule has 0 bridgehead atoms. The molecule has 0 fully saturated rings. The molecule has 0 aliphatic heterocycles. The Morgan fingerprint density at radius 3 is 2.67 bits per heavy atom. The van der Waals surface area contributed by atoms with Crippen LogP contribution in [0, 0.1) is 0 Å². The lowest BCUT2D eigenvalue weighted by molar-refractivity contribution is -0.131. The first-order chi connectivity index (χ1) is 8.45. The lowest BCUT2D eigenvalue weighted by atomic mass is 10.2. The van der Waals surface area contributed by atoms with Crippen LogP contribution in [0.5, 0.6) is 5.75 Å². The van der Waals surface area contributed by atoms with E-state index in [-0.39, 0.29) is 23.8 Å². The number of nitrogens with two attached hydrogens (primary N) is 1. The van der Waals surface area contributed by atoms with Gasteiger partial charge in [0, 0.05) is 19.3 Å². The largest absolute Gasteiger partial charge is 0.484 e. The minimum Gasteiger partial charge on any atom is -0.484 e. The van der Waals surface area contributed by atoms with Gasteiger partial charge in [-0.2, -0.15) is 0 Å². The lowest BCUT2D eigenvalue weighted by Gasteiger charge is -2.15. The molecule has 0 spiro atoms. The summed E-state index contributed by atoms with van der Waals surface area (Å²) in [4.78, 5) is 23.9. The summed E-state index contributed by atoms with van der Waals surface area (Å²) >= 11 is 0. The molecule has 0 saturated heterocycles. The van der Waals surface area contributed by atoms with Crippen molar-refractivity contribution in [3.8, 4) is 5.75 Å². The minimum atomic E-state index is -1.13. The summed E-state index contributed by atoms with van der Waals surface area (Å²) in [6.45, 7) is 2.31. The molecule has 0 aliphatic carbocycles. The molecule has 6 heteroatoms. The van der Waals surface area contributed by atoms with Crippen molar-refractivity contribution in [2.45, 2.75) is 6.92 Å². The van der Waals surface area contributed by atoms with Crippen LogP contribution in [-0.2, 0) is 4.79 Å². The molecule has 1 aromatic rings. The highest BCUT2D eigenvalue weighted by Crippen LogP contribution is 2.19. The summed E-state index contributed by atoms with van der Waals surface area (Å²) < 4.78 is 5.23. The molecule has 0 atom stereocenters. The van der Waals surface area contributed by atoms with Gasteiger partial charge in [-0.15, -0.1) is 0 Å². The zero-order valence-electron chi connectivity index (χ0n) is 10.3. The van der Waals surface area contributed by atoms with Crippen molar-refractivity contribution in [3.63, 3.8) is 0 Å². The van der Waals surface area contributed by atoms with E-state index in [2.05, 4.69) is 0 Å². The molecule has 1 aromatic carbocycles. The Bertz CT molecular complexity index is 459. The van der Waals surface area contributed by atoms with Crippen LogP contribution in [0.3, 0.4) is 0 Å². The first kappa shape index (κ1) is 13.8. The van der Waals surface area contributed by atoms with Gasteiger partial charge in [-0.25, -0.2) is 4.79 Å². The topological polar surface area (TPSA) is 92.9 Å². The van der Waals surface area contributed by atoms with Gasteiger partial charge in [0.1, 0.15) is 5.75 Å². The van der Waals surface area contributed by atoms with Gasteiger partial charge < -0.3 is 20.5 Å². The number of hydrogen-bond donors (Lipinski definition) is 2. The second-order valence-electron chi connectivity index (χ2n) is 3.75. The van der Waals surface area contributed by atoms with E-state index in [1.165, 1.54) is 23.1 Å². The molecule has 1 rings (SSSR count). The Labute approximate surface area is 105 Å². The van der Waals surface area contributed by atoms with E-state index in [1.807, 2.05) is 6.92 Å². The number of carbonyl (C=O) groups is 2. The van der Waals surface area contributed by atoms with Crippen LogP contribution in [0.2, 0.25) is 0 Å². The highest BCUT2D eigenvalue weighted by atomic mass is 16.5. The highest BCUT2D eigenvalue weighted by Gasteiger charge is 2.11. The number of nitrogens with zero attached hydrogens (tertiary/aromatic N) is 1. The van der Waals surface area contributed by atoms with Gasteiger partial charge in [0.2, 0.25) is 0 Å². The molecule has 0 heterocycles. The molecule has 0 unspecified atom stereocenters. The van der Waals surface area contributed by atoms with E-state index >= 15 is 0 Å². The van der Waals surface area contributed by atoms with E-state index in [0.717, 1.165) is 0 Å². The van der Waals surface area contributed by atoms with Crippen LogP contribution >= 0.6 is 0 Å². The summed E-state index contributed by atoms with van der Waals surface area (Å²) in [6, 6.07) is 4.27. The van der Waals surface area contributed by atoms with Crippen molar-refractivity contribution in [3.05, 3.63) is 23.8 Å². The van der Waals surface area contributed by atoms with Crippen molar-refractivity contribution < 1.29 is 19.4 Å². The first-order valence-corrected chi connectivity index (χ1v) is 5.45. The molecule has 0 saturated carbocycles. The van der Waals surface area contributed by atoms with Gasteiger partial charge in [0.05, 0.1) is 5.56 Å². The number of benzene rings is 1. The van der Waals surface area contributed by atoms with Crippen LogP contribution in [-0.4, -0.2) is 42.1 Å². The third-order valence-corrected chi connectivity index (χ3v) is 2.52. The molecular weight excluding hydrogens is 236 g/mol. The van der Waals surface area contributed by atoms with E-state index in [9.17, 15) is 9.59 Å². The fourth-order valence-corrected chi connectivity index (χ4v) is 1.24. The van der Waals surface area contributed by atoms with Crippen molar-refractivity contribution >= 4 is 17.6 Å². The summed E-state index contributed by atoms with van der Waals surface area (Å²) in [7, 11) is 1.66. The Balaban J connectivity index is 2.72. The maximum atomic E-state index is 11.5. The smallest absolute Gasteiger partial charge is 0.337 e. The van der Waals surface area contributed by atoms with Crippen molar-refractivity contribution in [1.82, 2.24) is 4.90 Å². The zero-order chi connectivity index (χ0) is 13.7. The summed E-state index contributed by atoms with van der Waals surface area (Å²) in [6.07, 6.45) is 0. The minimum absolute atomic E-state index is 0.0382. The number of aromatic carboxylic acids is 1. The van der Waals surface area contributed by atoms with Crippen molar-refractivity contribution in [1.29, 1.82) is 0 Å². The number of nitrogen functional groups attached to an aromatic ring is 1. The zero-order valence-corrected chi connectivity index (χ0v) is 10.3. The Morgan fingerprint density at radius 2 is 2.11 bits per heavy atom. The molecule has 0 aliphatic rings. The predicted molar refractivity (Wildman–Crippen MR) is 66.6 cm³/mol. The monoisotopic (exact) mass is 252 g/mol. The summed E-state index contributed by atoms with van der Waals surface area (Å²) in [5.41, 5.74) is 5.63. The number of carbonyl (C=O) groups excluding carboxylic acids is 1. The number of carboxylic acid groups (broad SMARTS) is 1. The number of hydrogen-bond acceptors (Lipinski definition) is 4. The van der Waals surface area contributed by atoms with Crippen molar-refractivity contribution in [2.24, 2.45) is 0 Å². The van der Waals surface area contributed by atoms with Crippen LogP contribution in [0.1, 0.15) is 17.3 Å². The van der Waals surface area contributed by atoms with Gasteiger partial charge in [-0.3, -0.25) is 4.79 Å². The molecule has 1 amide bonds. The molecule has 18 heavy (non-hydrogen) atoms. The third kappa shape index (κ3) is 3.38. The van der Waals surface area contributed by atoms with E-state index in [4.69, 9.17) is 15.6 Å². The van der Waals surface area contributed by atoms with Crippen molar-refractivity contribution in [2.75, 3.05) is 25.9 Å².